The molecule has 1 saturated carbocycles. The Hall–Kier alpha value is -4.71. The fraction of sp³-hybridized carbons (Fsp3) is 0.400. The van der Waals surface area contributed by atoms with Gasteiger partial charge in [-0.3, -0.25) is 9.97 Å². The van der Waals surface area contributed by atoms with Gasteiger partial charge in [-0.15, -0.1) is 5.10 Å². The van der Waals surface area contributed by atoms with Crippen LogP contribution in [0.15, 0.2) is 42.9 Å². The van der Waals surface area contributed by atoms with Crippen molar-refractivity contribution < 1.29 is 13.2 Å². The van der Waals surface area contributed by atoms with Gasteiger partial charge < -0.3 is 10.6 Å². The molecule has 2 N–H and O–H groups in total. The van der Waals surface area contributed by atoms with E-state index in [1.807, 2.05) is 13.0 Å². The van der Waals surface area contributed by atoms with Crippen molar-refractivity contribution in [1.29, 1.82) is 10.5 Å². The standard InChI is InChI=1S/C30H30F3N9/c1-5-23-21(7-6-10-36-23)27(24-16-42(41-40-24)29(8-9-29)30(31,32)33)39-20-11-18(13-34)25-22(12-20)26(19(14-35)15-37-25)38-17-28(2,3)4/h6-7,10-12,15-16,27,39H,5,8-9,17H2,1-4H3,(H,37,38)/t27-/m0/s1. The average Bonchev–Trinajstić information content (AvgIpc) is 3.64. The summed E-state index contributed by atoms with van der Waals surface area (Å²) in [7, 11) is 0. The molecule has 0 aliphatic heterocycles. The van der Waals surface area contributed by atoms with Gasteiger partial charge in [0.15, 0.2) is 5.54 Å². The highest BCUT2D eigenvalue weighted by molar-refractivity contribution is 5.99. The second kappa shape index (κ2) is 10.6. The van der Waals surface area contributed by atoms with Crippen LogP contribution in [-0.4, -0.2) is 37.7 Å². The average molecular weight is 574 g/mol. The lowest BCUT2D eigenvalue weighted by Crippen LogP contribution is -2.35. The highest BCUT2D eigenvalue weighted by Gasteiger charge is 2.66. The van der Waals surface area contributed by atoms with E-state index < -0.39 is 17.8 Å². The van der Waals surface area contributed by atoms with Gasteiger partial charge in [-0.1, -0.05) is 39.0 Å². The molecule has 3 heterocycles. The lowest BCUT2D eigenvalue weighted by Gasteiger charge is -2.23. The van der Waals surface area contributed by atoms with Crippen LogP contribution in [0.2, 0.25) is 0 Å². The van der Waals surface area contributed by atoms with Crippen LogP contribution in [0.1, 0.15) is 74.7 Å². The minimum absolute atomic E-state index is 0.0563. The van der Waals surface area contributed by atoms with Crippen molar-refractivity contribution in [1.82, 2.24) is 25.0 Å². The highest BCUT2D eigenvalue weighted by atomic mass is 19.4. The minimum atomic E-state index is -4.45. The normalized spacial score (nSPS) is 15.1. The quantitative estimate of drug-likeness (QED) is 0.254. The molecular formula is C30H30F3N9. The van der Waals surface area contributed by atoms with Crippen LogP contribution in [0, 0.1) is 28.1 Å². The van der Waals surface area contributed by atoms with Crippen LogP contribution in [0.3, 0.4) is 0 Å². The van der Waals surface area contributed by atoms with Crippen molar-refractivity contribution in [3.63, 3.8) is 0 Å². The summed E-state index contributed by atoms with van der Waals surface area (Å²) in [6.07, 6.45) is 0.449. The Bertz CT molecular complexity index is 1720. The summed E-state index contributed by atoms with van der Waals surface area (Å²) < 4.78 is 42.5. The number of nitriles is 2. The van der Waals surface area contributed by atoms with Gasteiger partial charge in [0.25, 0.3) is 0 Å². The molecule has 1 aromatic carbocycles. The van der Waals surface area contributed by atoms with E-state index in [1.165, 1.54) is 12.4 Å². The van der Waals surface area contributed by atoms with E-state index in [-0.39, 0.29) is 29.5 Å². The summed E-state index contributed by atoms with van der Waals surface area (Å²) in [6, 6.07) is 10.6. The molecule has 0 saturated heterocycles. The number of benzene rings is 1. The predicted molar refractivity (Wildman–Crippen MR) is 151 cm³/mol. The molecular weight excluding hydrogens is 543 g/mol. The second-order valence-electron chi connectivity index (χ2n) is 11.7. The molecule has 42 heavy (non-hydrogen) atoms. The molecule has 12 heteroatoms. The zero-order valence-electron chi connectivity index (χ0n) is 23.7. The third kappa shape index (κ3) is 5.32. The first kappa shape index (κ1) is 28.8. The molecule has 1 fully saturated rings. The number of aromatic nitrogens is 5. The van der Waals surface area contributed by atoms with Crippen LogP contribution in [-0.2, 0) is 12.0 Å². The van der Waals surface area contributed by atoms with Gasteiger partial charge in [0.05, 0.1) is 34.6 Å². The van der Waals surface area contributed by atoms with Crippen molar-refractivity contribution in [2.45, 2.75) is 64.7 Å². The summed E-state index contributed by atoms with van der Waals surface area (Å²) in [6.45, 7) is 8.68. The fourth-order valence-electron chi connectivity index (χ4n) is 4.97. The maximum atomic E-state index is 13.9. The monoisotopic (exact) mass is 573 g/mol. The smallest absolute Gasteiger partial charge is 0.383 e. The first-order valence-electron chi connectivity index (χ1n) is 13.6. The Morgan fingerprint density at radius 1 is 1.10 bits per heavy atom. The number of rotatable bonds is 8. The van der Waals surface area contributed by atoms with E-state index in [2.05, 4.69) is 63.8 Å². The van der Waals surface area contributed by atoms with Crippen molar-refractivity contribution >= 4 is 22.3 Å². The summed E-state index contributed by atoms with van der Waals surface area (Å²) in [5.41, 5.74) is 1.68. The summed E-state index contributed by atoms with van der Waals surface area (Å²) >= 11 is 0. The summed E-state index contributed by atoms with van der Waals surface area (Å²) in [4.78, 5) is 8.87. The Kier molecular flexibility index (Phi) is 7.27. The van der Waals surface area contributed by atoms with Gasteiger partial charge in [0.1, 0.15) is 17.8 Å². The number of halogens is 3. The molecule has 4 aromatic rings. The third-order valence-electron chi connectivity index (χ3n) is 7.39. The van der Waals surface area contributed by atoms with Gasteiger partial charge in [-0.25, -0.2) is 4.68 Å². The number of anilines is 2. The van der Waals surface area contributed by atoms with E-state index in [0.29, 0.717) is 40.8 Å². The van der Waals surface area contributed by atoms with Crippen LogP contribution >= 0.6 is 0 Å². The van der Waals surface area contributed by atoms with Gasteiger partial charge in [0, 0.05) is 41.3 Å². The molecule has 216 valence electrons. The van der Waals surface area contributed by atoms with Crippen LogP contribution < -0.4 is 10.6 Å². The number of aryl methyl sites for hydroxylation is 1. The SMILES string of the molecule is CCc1ncccc1[C@H](Nc1cc(C#N)c2ncc(C#N)c(NCC(C)(C)C)c2c1)c1cn(C2(C(F)(F)F)CC2)nn1. The first-order valence-corrected chi connectivity index (χ1v) is 13.6. The fourth-order valence-corrected chi connectivity index (χ4v) is 4.97. The topological polar surface area (TPSA) is 128 Å². The zero-order chi connectivity index (χ0) is 30.3. The zero-order valence-corrected chi connectivity index (χ0v) is 23.7. The van der Waals surface area contributed by atoms with Crippen LogP contribution in [0.25, 0.3) is 10.9 Å². The molecule has 9 nitrogen and oxygen atoms in total. The molecule has 0 amide bonds. The largest absolute Gasteiger partial charge is 0.413 e. The Balaban J connectivity index is 1.64. The number of hydrogen-bond donors (Lipinski definition) is 2. The second-order valence-corrected chi connectivity index (χ2v) is 11.7. The number of nitrogens with zero attached hydrogens (tertiary/aromatic N) is 7. The lowest BCUT2D eigenvalue weighted by molar-refractivity contribution is -0.182. The maximum absolute atomic E-state index is 13.9. The first-order chi connectivity index (χ1) is 19.9. The molecule has 0 radical (unpaired) electrons. The maximum Gasteiger partial charge on any atom is 0.413 e. The van der Waals surface area contributed by atoms with Gasteiger partial charge in [-0.2, -0.15) is 23.7 Å². The molecule has 0 spiro atoms. The van der Waals surface area contributed by atoms with Gasteiger partial charge in [-0.05, 0) is 42.9 Å². The number of pyridine rings is 2. The number of hydrogen-bond acceptors (Lipinski definition) is 8. The van der Waals surface area contributed by atoms with E-state index in [0.717, 1.165) is 15.9 Å². The van der Waals surface area contributed by atoms with E-state index in [1.54, 1.807) is 24.4 Å². The Labute approximate surface area is 241 Å². The Morgan fingerprint density at radius 2 is 1.83 bits per heavy atom. The lowest BCUT2D eigenvalue weighted by atomic mass is 9.96. The Morgan fingerprint density at radius 3 is 2.45 bits per heavy atom. The van der Waals surface area contributed by atoms with Crippen LogP contribution in [0.5, 0.6) is 0 Å². The van der Waals surface area contributed by atoms with Crippen molar-refractivity contribution in [2.75, 3.05) is 17.2 Å². The number of fused-ring (bicyclic) bond motifs is 1. The summed E-state index contributed by atoms with van der Waals surface area (Å²) in [5, 5.41) is 35.2. The van der Waals surface area contributed by atoms with E-state index in [9.17, 15) is 23.7 Å². The molecule has 0 bridgehead atoms. The van der Waals surface area contributed by atoms with Crippen molar-refractivity contribution in [3.05, 3.63) is 70.9 Å². The highest BCUT2D eigenvalue weighted by Crippen LogP contribution is 2.55. The van der Waals surface area contributed by atoms with Gasteiger partial charge >= 0.3 is 6.18 Å². The molecule has 0 unspecified atom stereocenters. The molecule has 1 atom stereocenters. The number of alkyl halides is 3. The molecule has 1 aliphatic carbocycles. The van der Waals surface area contributed by atoms with Crippen molar-refractivity contribution in [3.8, 4) is 12.1 Å². The molecule has 5 rings (SSSR count). The van der Waals surface area contributed by atoms with E-state index >= 15 is 0 Å². The predicted octanol–water partition coefficient (Wildman–Crippen LogP) is 6.24. The number of nitrogens with one attached hydrogen (secondary N) is 2. The third-order valence-corrected chi connectivity index (χ3v) is 7.39. The molecule has 3 aromatic heterocycles. The van der Waals surface area contributed by atoms with Crippen LogP contribution in [0.4, 0.5) is 24.5 Å². The van der Waals surface area contributed by atoms with Gasteiger partial charge in [0.2, 0.25) is 0 Å². The van der Waals surface area contributed by atoms with E-state index in [4.69, 9.17) is 0 Å². The summed E-state index contributed by atoms with van der Waals surface area (Å²) in [5.74, 6) is 0. The minimum Gasteiger partial charge on any atom is -0.383 e. The van der Waals surface area contributed by atoms with Crippen molar-refractivity contribution in [2.24, 2.45) is 5.41 Å². The molecule has 1 aliphatic rings.